The van der Waals surface area contributed by atoms with E-state index in [1.54, 1.807) is 6.92 Å². The lowest BCUT2D eigenvalue weighted by Crippen LogP contribution is -2.03. The lowest BCUT2D eigenvalue weighted by Gasteiger charge is -2.10. The Morgan fingerprint density at radius 1 is 0.947 bits per heavy atom. The molecule has 2 rings (SSSR count). The normalized spacial score (nSPS) is 10.4. The molecule has 6 heteroatoms. The van der Waals surface area contributed by atoms with Gasteiger partial charge in [0, 0.05) is 18.8 Å². The Morgan fingerprint density at radius 2 is 1.63 bits per heavy atom. The minimum absolute atomic E-state index is 0.0669. The van der Waals surface area contributed by atoms with Gasteiger partial charge in [0.2, 0.25) is 0 Å². The molecule has 1 aromatic carbocycles. The van der Waals surface area contributed by atoms with Crippen LogP contribution < -0.4 is 10.6 Å². The zero-order chi connectivity index (χ0) is 14.0. The van der Waals surface area contributed by atoms with Gasteiger partial charge in [-0.05, 0) is 30.7 Å². The van der Waals surface area contributed by atoms with Gasteiger partial charge < -0.3 is 10.6 Å². The monoisotopic (exact) mass is 267 g/mol. The van der Waals surface area contributed by atoms with Gasteiger partial charge in [0.15, 0.2) is 23.3 Å². The van der Waals surface area contributed by atoms with E-state index in [-0.39, 0.29) is 17.5 Å². The highest BCUT2D eigenvalue weighted by Gasteiger charge is 2.11. The van der Waals surface area contributed by atoms with Crippen molar-refractivity contribution in [2.45, 2.75) is 6.92 Å². The van der Waals surface area contributed by atoms with Crippen LogP contribution in [0.2, 0.25) is 0 Å². The number of nitrogens with one attached hydrogen (secondary N) is 2. The van der Waals surface area contributed by atoms with E-state index in [4.69, 9.17) is 0 Å². The maximum Gasteiger partial charge on any atom is 0.169 e. The first kappa shape index (κ1) is 13.2. The molecule has 2 N–H and O–H groups in total. The van der Waals surface area contributed by atoms with E-state index < -0.39 is 11.6 Å². The van der Waals surface area contributed by atoms with E-state index in [1.165, 1.54) is 25.2 Å². The lowest BCUT2D eigenvalue weighted by atomic mass is 10.2. The van der Waals surface area contributed by atoms with Crippen molar-refractivity contribution in [3.63, 3.8) is 0 Å². The summed E-state index contributed by atoms with van der Waals surface area (Å²) in [7, 11) is 1.48. The molecule has 0 aliphatic carbocycles. The van der Waals surface area contributed by atoms with Gasteiger partial charge in [-0.15, -0.1) is 0 Å². The number of aryl methyl sites for hydroxylation is 1. The third-order valence-electron chi connectivity index (χ3n) is 2.59. The van der Waals surface area contributed by atoms with Crippen LogP contribution in [-0.4, -0.2) is 12.0 Å². The largest absolute Gasteiger partial charge is 0.371 e. The predicted molar refractivity (Wildman–Crippen MR) is 68.1 cm³/mol. The molecule has 3 nitrogen and oxygen atoms in total. The van der Waals surface area contributed by atoms with Gasteiger partial charge in [-0.1, -0.05) is 0 Å². The molecule has 0 atom stereocenters. The van der Waals surface area contributed by atoms with Crippen molar-refractivity contribution in [3.05, 3.63) is 47.3 Å². The van der Waals surface area contributed by atoms with Crippen LogP contribution >= 0.6 is 0 Å². The van der Waals surface area contributed by atoms with Crippen LogP contribution in [0.5, 0.6) is 0 Å². The van der Waals surface area contributed by atoms with Crippen molar-refractivity contribution < 1.29 is 13.2 Å². The van der Waals surface area contributed by atoms with E-state index in [0.717, 1.165) is 6.07 Å². The SMILES string of the molecule is CNc1nc(Nc2ccc(F)c(C)c2)c(F)cc1F. The van der Waals surface area contributed by atoms with Crippen molar-refractivity contribution >= 4 is 17.3 Å². The summed E-state index contributed by atoms with van der Waals surface area (Å²) < 4.78 is 39.9. The highest BCUT2D eigenvalue weighted by Crippen LogP contribution is 2.23. The van der Waals surface area contributed by atoms with Crippen LogP contribution in [-0.2, 0) is 0 Å². The molecule has 0 bridgehead atoms. The zero-order valence-electron chi connectivity index (χ0n) is 10.4. The van der Waals surface area contributed by atoms with Crippen molar-refractivity contribution in [1.29, 1.82) is 0 Å². The molecule has 1 heterocycles. The third-order valence-corrected chi connectivity index (χ3v) is 2.59. The number of anilines is 3. The van der Waals surface area contributed by atoms with Crippen LogP contribution in [0.25, 0.3) is 0 Å². The molecule has 19 heavy (non-hydrogen) atoms. The van der Waals surface area contributed by atoms with Crippen molar-refractivity contribution in [2.24, 2.45) is 0 Å². The summed E-state index contributed by atoms with van der Waals surface area (Å²) in [5.74, 6) is -2.15. The molecule has 0 saturated carbocycles. The molecular weight excluding hydrogens is 255 g/mol. The zero-order valence-corrected chi connectivity index (χ0v) is 10.4. The topological polar surface area (TPSA) is 37.0 Å². The van der Waals surface area contributed by atoms with Gasteiger partial charge in [0.1, 0.15) is 5.82 Å². The molecule has 0 amide bonds. The Bertz CT molecular complexity index is 614. The lowest BCUT2D eigenvalue weighted by molar-refractivity contribution is 0.580. The van der Waals surface area contributed by atoms with Gasteiger partial charge >= 0.3 is 0 Å². The van der Waals surface area contributed by atoms with Crippen LogP contribution in [0.15, 0.2) is 24.3 Å². The minimum atomic E-state index is -0.821. The minimum Gasteiger partial charge on any atom is -0.371 e. The second kappa shape index (κ2) is 5.17. The summed E-state index contributed by atoms with van der Waals surface area (Å²) in [5, 5.41) is 5.20. The van der Waals surface area contributed by atoms with Gasteiger partial charge in [0.05, 0.1) is 0 Å². The number of rotatable bonds is 3. The van der Waals surface area contributed by atoms with Crippen LogP contribution in [0.4, 0.5) is 30.5 Å². The first-order chi connectivity index (χ1) is 9.01. The van der Waals surface area contributed by atoms with Crippen LogP contribution in [0, 0.1) is 24.4 Å². The average Bonchev–Trinajstić information content (AvgIpc) is 2.37. The summed E-state index contributed by atoms with van der Waals surface area (Å²) in [6.45, 7) is 1.59. The number of benzene rings is 1. The molecule has 0 saturated heterocycles. The smallest absolute Gasteiger partial charge is 0.169 e. The first-order valence-electron chi connectivity index (χ1n) is 5.58. The van der Waals surface area contributed by atoms with Crippen LogP contribution in [0.1, 0.15) is 5.56 Å². The molecule has 0 aliphatic heterocycles. The number of nitrogens with zero attached hydrogens (tertiary/aromatic N) is 1. The number of pyridine rings is 1. The Hall–Kier alpha value is -2.24. The third kappa shape index (κ3) is 2.78. The Morgan fingerprint density at radius 3 is 2.26 bits per heavy atom. The maximum absolute atomic E-state index is 13.6. The Kier molecular flexibility index (Phi) is 3.59. The fourth-order valence-electron chi connectivity index (χ4n) is 1.59. The van der Waals surface area contributed by atoms with Crippen molar-refractivity contribution in [3.8, 4) is 0 Å². The van der Waals surface area contributed by atoms with Gasteiger partial charge in [-0.25, -0.2) is 18.2 Å². The van der Waals surface area contributed by atoms with E-state index in [9.17, 15) is 13.2 Å². The van der Waals surface area contributed by atoms with Crippen molar-refractivity contribution in [1.82, 2.24) is 4.98 Å². The number of hydrogen-bond acceptors (Lipinski definition) is 3. The van der Waals surface area contributed by atoms with E-state index in [0.29, 0.717) is 11.3 Å². The number of halogens is 3. The molecule has 100 valence electrons. The van der Waals surface area contributed by atoms with E-state index >= 15 is 0 Å². The molecule has 0 radical (unpaired) electrons. The Labute approximate surface area is 108 Å². The maximum atomic E-state index is 13.6. The standard InChI is InChI=1S/C13H12F3N3/c1-7-5-8(3-4-9(7)14)18-13-11(16)6-10(15)12(17-2)19-13/h3-6H,1-2H3,(H2,17,18,19). The molecule has 0 aliphatic rings. The average molecular weight is 267 g/mol. The summed E-state index contributed by atoms with van der Waals surface area (Å²) in [5.41, 5.74) is 0.889. The molecule has 2 aromatic rings. The molecule has 0 unspecified atom stereocenters. The predicted octanol–water partition coefficient (Wildman–Crippen LogP) is 3.59. The highest BCUT2D eigenvalue weighted by molar-refractivity contribution is 5.59. The molecule has 1 aromatic heterocycles. The van der Waals surface area contributed by atoms with Gasteiger partial charge in [-0.2, -0.15) is 0 Å². The molecule has 0 spiro atoms. The van der Waals surface area contributed by atoms with Gasteiger partial charge in [-0.3, -0.25) is 0 Å². The fourth-order valence-corrected chi connectivity index (χ4v) is 1.59. The second-order valence-electron chi connectivity index (χ2n) is 3.99. The first-order valence-corrected chi connectivity index (χ1v) is 5.58. The fraction of sp³-hybridized carbons (Fsp3) is 0.154. The van der Waals surface area contributed by atoms with Gasteiger partial charge in [0.25, 0.3) is 0 Å². The Balaban J connectivity index is 2.34. The highest BCUT2D eigenvalue weighted by atomic mass is 19.1. The summed E-state index contributed by atoms with van der Waals surface area (Å²) in [4.78, 5) is 3.77. The van der Waals surface area contributed by atoms with E-state index in [2.05, 4.69) is 15.6 Å². The molecule has 0 fully saturated rings. The second-order valence-corrected chi connectivity index (χ2v) is 3.99. The summed E-state index contributed by atoms with van der Waals surface area (Å²) in [6.07, 6.45) is 0. The number of aromatic nitrogens is 1. The number of hydrogen-bond donors (Lipinski definition) is 2. The summed E-state index contributed by atoms with van der Waals surface area (Å²) in [6, 6.07) is 4.96. The van der Waals surface area contributed by atoms with E-state index in [1.807, 2.05) is 0 Å². The quantitative estimate of drug-likeness (QED) is 0.892. The van der Waals surface area contributed by atoms with Crippen LogP contribution in [0.3, 0.4) is 0 Å². The molecular formula is C13H12F3N3. The van der Waals surface area contributed by atoms with Crippen molar-refractivity contribution in [2.75, 3.05) is 17.7 Å². The summed E-state index contributed by atoms with van der Waals surface area (Å²) >= 11 is 0.